The lowest BCUT2D eigenvalue weighted by Gasteiger charge is -2.05. The van der Waals surface area contributed by atoms with Gasteiger partial charge in [-0.05, 0) is 19.8 Å². The van der Waals surface area contributed by atoms with Gasteiger partial charge in [0.25, 0.3) is 5.56 Å². The van der Waals surface area contributed by atoms with E-state index in [4.69, 9.17) is 0 Å². The predicted molar refractivity (Wildman–Crippen MR) is 73.4 cm³/mol. The number of H-pyrrole nitrogens is 1. The number of hydrogen-bond acceptors (Lipinski definition) is 3. The second kappa shape index (κ2) is 4.22. The fourth-order valence-corrected chi connectivity index (χ4v) is 2.53. The van der Waals surface area contributed by atoms with Gasteiger partial charge in [0, 0.05) is 7.05 Å². The van der Waals surface area contributed by atoms with Crippen LogP contribution in [0.4, 0.5) is 0 Å². The van der Waals surface area contributed by atoms with Gasteiger partial charge in [-0.1, -0.05) is 13.3 Å². The summed E-state index contributed by atoms with van der Waals surface area (Å²) in [7, 11) is 1.88. The van der Waals surface area contributed by atoms with Crippen LogP contribution in [0.3, 0.4) is 0 Å². The summed E-state index contributed by atoms with van der Waals surface area (Å²) in [6, 6.07) is 0. The lowest BCUT2D eigenvalue weighted by Crippen LogP contribution is -2.19. The van der Waals surface area contributed by atoms with E-state index in [9.17, 15) is 4.79 Å². The van der Waals surface area contributed by atoms with E-state index in [1.54, 1.807) is 10.7 Å². The van der Waals surface area contributed by atoms with Crippen LogP contribution in [0.5, 0.6) is 0 Å². The Morgan fingerprint density at radius 1 is 1.42 bits per heavy atom. The van der Waals surface area contributed by atoms with Gasteiger partial charge < -0.3 is 4.98 Å². The predicted octanol–water partition coefficient (Wildman–Crippen LogP) is 1.56. The summed E-state index contributed by atoms with van der Waals surface area (Å²) in [5.74, 6) is 0.660. The highest BCUT2D eigenvalue weighted by atomic mass is 16.1. The molecule has 6 nitrogen and oxygen atoms in total. The lowest BCUT2D eigenvalue weighted by molar-refractivity contribution is 0.757. The number of hydrogen-bond donors (Lipinski definition) is 1. The summed E-state index contributed by atoms with van der Waals surface area (Å²) in [5, 5.41) is 0. The molecule has 0 aliphatic carbocycles. The lowest BCUT2D eigenvalue weighted by atomic mass is 10.2. The van der Waals surface area contributed by atoms with Gasteiger partial charge in [0.15, 0.2) is 5.65 Å². The monoisotopic (exact) mass is 259 g/mol. The van der Waals surface area contributed by atoms with Gasteiger partial charge in [-0.15, -0.1) is 0 Å². The van der Waals surface area contributed by atoms with Gasteiger partial charge in [0.05, 0.1) is 17.7 Å². The second-order valence-electron chi connectivity index (χ2n) is 4.85. The molecule has 19 heavy (non-hydrogen) atoms. The first-order chi connectivity index (χ1) is 9.15. The molecule has 0 saturated heterocycles. The zero-order chi connectivity index (χ0) is 13.6. The van der Waals surface area contributed by atoms with Crippen molar-refractivity contribution < 1.29 is 0 Å². The van der Waals surface area contributed by atoms with E-state index < -0.39 is 0 Å². The maximum atomic E-state index is 12.5. The number of aromatic nitrogens is 5. The summed E-state index contributed by atoms with van der Waals surface area (Å²) in [5.41, 5.74) is 3.05. The molecular formula is C13H17N5O. The Hall–Kier alpha value is -2.11. The molecule has 3 aromatic heterocycles. The van der Waals surface area contributed by atoms with E-state index in [1.807, 2.05) is 18.5 Å². The molecule has 0 saturated carbocycles. The van der Waals surface area contributed by atoms with Crippen molar-refractivity contribution in [1.82, 2.24) is 23.9 Å². The zero-order valence-electron chi connectivity index (χ0n) is 11.4. The molecule has 0 amide bonds. The summed E-state index contributed by atoms with van der Waals surface area (Å²) in [6.07, 6.45) is 4.57. The second-order valence-corrected chi connectivity index (χ2v) is 4.85. The van der Waals surface area contributed by atoms with E-state index in [0.29, 0.717) is 16.9 Å². The van der Waals surface area contributed by atoms with E-state index in [1.165, 1.54) is 0 Å². The molecule has 0 aliphatic heterocycles. The van der Waals surface area contributed by atoms with Crippen LogP contribution in [0.15, 0.2) is 11.1 Å². The third-order valence-electron chi connectivity index (χ3n) is 3.58. The molecule has 3 aromatic rings. The van der Waals surface area contributed by atoms with Crippen molar-refractivity contribution >= 4 is 16.9 Å². The van der Waals surface area contributed by atoms with Gasteiger partial charge in [-0.25, -0.2) is 14.4 Å². The van der Waals surface area contributed by atoms with Crippen molar-refractivity contribution in [3.63, 3.8) is 0 Å². The first-order valence-corrected chi connectivity index (χ1v) is 6.55. The Bertz CT molecular complexity index is 808. The van der Waals surface area contributed by atoms with Crippen molar-refractivity contribution in [2.45, 2.75) is 33.1 Å². The molecule has 1 N–H and O–H groups in total. The highest BCUT2D eigenvalue weighted by Crippen LogP contribution is 2.15. The molecule has 0 atom stereocenters. The Morgan fingerprint density at radius 2 is 2.21 bits per heavy atom. The van der Waals surface area contributed by atoms with Crippen molar-refractivity contribution in [3.8, 4) is 0 Å². The Balaban J connectivity index is 2.42. The van der Waals surface area contributed by atoms with Gasteiger partial charge in [-0.3, -0.25) is 9.36 Å². The average Bonchev–Trinajstić information content (AvgIpc) is 2.99. The molecule has 100 valence electrons. The normalized spacial score (nSPS) is 11.7. The largest absolute Gasteiger partial charge is 0.339 e. The van der Waals surface area contributed by atoms with E-state index in [2.05, 4.69) is 21.9 Å². The molecule has 3 heterocycles. The van der Waals surface area contributed by atoms with Crippen molar-refractivity contribution in [1.29, 1.82) is 0 Å². The van der Waals surface area contributed by atoms with Crippen LogP contribution in [0.25, 0.3) is 16.9 Å². The summed E-state index contributed by atoms with van der Waals surface area (Å²) in [6.45, 7) is 4.10. The smallest absolute Gasteiger partial charge is 0.285 e. The molecule has 0 unspecified atom stereocenters. The average molecular weight is 259 g/mol. The third kappa shape index (κ3) is 1.59. The van der Waals surface area contributed by atoms with Gasteiger partial charge in [-0.2, -0.15) is 0 Å². The molecule has 0 fully saturated rings. The van der Waals surface area contributed by atoms with Crippen molar-refractivity contribution in [3.05, 3.63) is 28.1 Å². The maximum Gasteiger partial charge on any atom is 0.285 e. The maximum absolute atomic E-state index is 12.5. The Labute approximate surface area is 110 Å². The summed E-state index contributed by atoms with van der Waals surface area (Å²) < 4.78 is 3.57. The van der Waals surface area contributed by atoms with Crippen LogP contribution in [-0.4, -0.2) is 23.9 Å². The number of fused-ring (bicyclic) bond motifs is 2. The minimum absolute atomic E-state index is 0.0627. The van der Waals surface area contributed by atoms with Crippen molar-refractivity contribution in [2.75, 3.05) is 0 Å². The number of imidazole rings is 2. The first-order valence-electron chi connectivity index (χ1n) is 6.55. The fourth-order valence-electron chi connectivity index (χ4n) is 2.53. The van der Waals surface area contributed by atoms with Crippen LogP contribution < -0.4 is 5.56 Å². The SMILES string of the molecule is CCCCc1c(C)nc2n(C)c3nc[nH]c3c(=O)n12. The third-order valence-corrected chi connectivity index (χ3v) is 3.58. The van der Waals surface area contributed by atoms with Crippen LogP contribution in [0, 0.1) is 6.92 Å². The van der Waals surface area contributed by atoms with Crippen molar-refractivity contribution in [2.24, 2.45) is 7.05 Å². The van der Waals surface area contributed by atoms with Crippen LogP contribution in [0.2, 0.25) is 0 Å². The standard InChI is InChI=1S/C13H17N5O/c1-4-5-6-9-8(2)16-13-17(3)11-10(14-7-15-11)12(19)18(9)13/h7H,4-6H2,1-3H3,(H,14,15). The highest BCUT2D eigenvalue weighted by Gasteiger charge is 2.17. The fraction of sp³-hybridized carbons (Fsp3) is 0.462. The molecule has 6 heteroatoms. The molecule has 0 radical (unpaired) electrons. The zero-order valence-corrected chi connectivity index (χ0v) is 11.4. The van der Waals surface area contributed by atoms with Gasteiger partial charge in [0.1, 0.15) is 5.52 Å². The van der Waals surface area contributed by atoms with E-state index in [-0.39, 0.29) is 5.56 Å². The highest BCUT2D eigenvalue weighted by molar-refractivity contribution is 5.72. The number of aromatic amines is 1. The topological polar surface area (TPSA) is 68.0 Å². The molecule has 0 spiro atoms. The Morgan fingerprint density at radius 3 is 2.95 bits per heavy atom. The summed E-state index contributed by atoms with van der Waals surface area (Å²) >= 11 is 0. The van der Waals surface area contributed by atoms with Crippen LogP contribution in [0.1, 0.15) is 31.2 Å². The van der Waals surface area contributed by atoms with E-state index >= 15 is 0 Å². The number of rotatable bonds is 3. The number of nitrogens with zero attached hydrogens (tertiary/aromatic N) is 4. The first kappa shape index (κ1) is 12.0. The molecule has 0 aliphatic rings. The minimum Gasteiger partial charge on any atom is -0.339 e. The Kier molecular flexibility index (Phi) is 2.66. The minimum atomic E-state index is -0.0627. The molecular weight excluding hydrogens is 242 g/mol. The van der Waals surface area contributed by atoms with Crippen LogP contribution >= 0.6 is 0 Å². The number of aryl methyl sites for hydroxylation is 3. The quantitative estimate of drug-likeness (QED) is 0.776. The van der Waals surface area contributed by atoms with E-state index in [0.717, 1.165) is 30.7 Å². The number of unbranched alkanes of at least 4 members (excludes halogenated alkanes) is 1. The van der Waals surface area contributed by atoms with Gasteiger partial charge >= 0.3 is 0 Å². The van der Waals surface area contributed by atoms with Crippen LogP contribution in [-0.2, 0) is 13.5 Å². The molecule has 0 bridgehead atoms. The molecule has 0 aromatic carbocycles. The molecule has 3 rings (SSSR count). The van der Waals surface area contributed by atoms with Gasteiger partial charge in [0.2, 0.25) is 5.78 Å². The number of nitrogens with one attached hydrogen (secondary N) is 1. The summed E-state index contributed by atoms with van der Waals surface area (Å²) in [4.78, 5) is 24.2.